The molecule has 3 aromatic carbocycles. The first kappa shape index (κ1) is 30.4. The molecule has 1 unspecified atom stereocenters. The third-order valence-corrected chi connectivity index (χ3v) is 6.39. The molecule has 1 aromatic heterocycles. The highest BCUT2D eigenvalue weighted by Crippen LogP contribution is 2.36. The van der Waals surface area contributed by atoms with Crippen molar-refractivity contribution in [3.63, 3.8) is 0 Å². The van der Waals surface area contributed by atoms with Crippen molar-refractivity contribution >= 4 is 41.6 Å². The van der Waals surface area contributed by atoms with Crippen molar-refractivity contribution in [2.45, 2.75) is 46.6 Å². The summed E-state index contributed by atoms with van der Waals surface area (Å²) in [7, 11) is 0. The molecule has 1 heterocycles. The highest BCUT2D eigenvalue weighted by Gasteiger charge is 2.21. The van der Waals surface area contributed by atoms with E-state index < -0.39 is 0 Å². The van der Waals surface area contributed by atoms with Crippen molar-refractivity contribution in [1.29, 1.82) is 0 Å². The number of hydrogen-bond acceptors (Lipinski definition) is 3. The summed E-state index contributed by atoms with van der Waals surface area (Å²) in [6, 6.07) is 19.3. The molecular formula is C30H38Cl2N4O. The van der Waals surface area contributed by atoms with E-state index in [0.29, 0.717) is 18.8 Å². The molecule has 0 saturated carbocycles. The van der Waals surface area contributed by atoms with Gasteiger partial charge in [-0.05, 0) is 75.9 Å². The topological polar surface area (TPSA) is 96.9 Å². The first-order valence-corrected chi connectivity index (χ1v) is 12.3. The van der Waals surface area contributed by atoms with Crippen LogP contribution in [0.25, 0.3) is 33.2 Å². The van der Waals surface area contributed by atoms with Gasteiger partial charge in [0.1, 0.15) is 5.69 Å². The Kier molecular flexibility index (Phi) is 10.8. The highest BCUT2D eigenvalue weighted by molar-refractivity contribution is 6.10. The van der Waals surface area contributed by atoms with Gasteiger partial charge in [-0.3, -0.25) is 4.79 Å². The van der Waals surface area contributed by atoms with Crippen molar-refractivity contribution in [2.75, 3.05) is 13.1 Å². The lowest BCUT2D eigenvalue weighted by Crippen LogP contribution is -2.37. The molecule has 0 aliphatic carbocycles. The van der Waals surface area contributed by atoms with Crippen LogP contribution < -0.4 is 16.8 Å². The zero-order chi connectivity index (χ0) is 25.1. The van der Waals surface area contributed by atoms with Crippen LogP contribution in [0.2, 0.25) is 0 Å². The number of hydrogen-bond donors (Lipinski definition) is 4. The fraction of sp³-hybridized carbons (Fsp3) is 0.300. The Morgan fingerprint density at radius 1 is 0.838 bits per heavy atom. The summed E-state index contributed by atoms with van der Waals surface area (Å²) in [5.41, 5.74) is 22.3. The molecule has 198 valence electrons. The van der Waals surface area contributed by atoms with E-state index in [0.717, 1.165) is 51.6 Å². The van der Waals surface area contributed by atoms with Gasteiger partial charge in [0, 0.05) is 29.1 Å². The van der Waals surface area contributed by atoms with Crippen LogP contribution in [0.5, 0.6) is 0 Å². The van der Waals surface area contributed by atoms with Crippen molar-refractivity contribution in [3.05, 3.63) is 82.5 Å². The number of aryl methyl sites for hydroxylation is 4. The monoisotopic (exact) mass is 540 g/mol. The van der Waals surface area contributed by atoms with E-state index in [9.17, 15) is 4.79 Å². The van der Waals surface area contributed by atoms with Crippen LogP contribution in [0.15, 0.2) is 54.6 Å². The number of aromatic amines is 1. The third kappa shape index (κ3) is 7.14. The van der Waals surface area contributed by atoms with Crippen LogP contribution >= 0.6 is 24.8 Å². The molecule has 0 aliphatic heterocycles. The third-order valence-electron chi connectivity index (χ3n) is 6.39. The molecule has 0 spiro atoms. The van der Waals surface area contributed by atoms with Crippen LogP contribution in [0.1, 0.15) is 45.6 Å². The molecule has 0 aliphatic rings. The van der Waals surface area contributed by atoms with Gasteiger partial charge in [0.2, 0.25) is 0 Å². The summed E-state index contributed by atoms with van der Waals surface area (Å²) < 4.78 is 0. The Morgan fingerprint density at radius 3 is 1.97 bits per heavy atom. The molecule has 37 heavy (non-hydrogen) atoms. The van der Waals surface area contributed by atoms with Gasteiger partial charge < -0.3 is 21.8 Å². The summed E-state index contributed by atoms with van der Waals surface area (Å²) in [5, 5.41) is 4.06. The van der Waals surface area contributed by atoms with E-state index in [1.807, 2.05) is 0 Å². The number of fused-ring (bicyclic) bond motifs is 1. The maximum absolute atomic E-state index is 13.4. The summed E-state index contributed by atoms with van der Waals surface area (Å²) in [5.74, 6) is -0.147. The number of amides is 1. The molecule has 0 fully saturated rings. The predicted octanol–water partition coefficient (Wildman–Crippen LogP) is 6.38. The quantitative estimate of drug-likeness (QED) is 0.209. The summed E-state index contributed by atoms with van der Waals surface area (Å²) in [6.07, 6.45) is 1.63. The number of carbonyl (C=O) groups is 1. The normalized spacial score (nSPS) is 11.5. The number of halogens is 2. The Morgan fingerprint density at radius 2 is 1.41 bits per heavy atom. The van der Waals surface area contributed by atoms with Crippen molar-refractivity contribution in [3.8, 4) is 22.3 Å². The molecule has 0 bridgehead atoms. The molecule has 0 saturated heterocycles. The highest BCUT2D eigenvalue weighted by atomic mass is 35.5. The van der Waals surface area contributed by atoms with Crippen molar-refractivity contribution in [1.82, 2.24) is 10.3 Å². The van der Waals surface area contributed by atoms with Gasteiger partial charge in [-0.2, -0.15) is 0 Å². The van der Waals surface area contributed by atoms with Crippen LogP contribution in [0, 0.1) is 27.7 Å². The molecule has 0 radical (unpaired) electrons. The van der Waals surface area contributed by atoms with Crippen LogP contribution in [-0.4, -0.2) is 30.0 Å². The fourth-order valence-electron chi connectivity index (χ4n) is 4.90. The lowest BCUT2D eigenvalue weighted by Gasteiger charge is -2.13. The maximum atomic E-state index is 13.4. The molecule has 4 rings (SSSR count). The van der Waals surface area contributed by atoms with Gasteiger partial charge >= 0.3 is 0 Å². The average molecular weight is 542 g/mol. The minimum Gasteiger partial charge on any atom is -0.350 e. The van der Waals surface area contributed by atoms with E-state index in [1.165, 1.54) is 16.7 Å². The number of benzene rings is 3. The van der Waals surface area contributed by atoms with E-state index in [4.69, 9.17) is 11.5 Å². The van der Waals surface area contributed by atoms with Gasteiger partial charge in [-0.1, -0.05) is 64.7 Å². The second-order valence-corrected chi connectivity index (χ2v) is 9.79. The van der Waals surface area contributed by atoms with Gasteiger partial charge in [-0.15, -0.1) is 24.8 Å². The molecule has 4 aromatic rings. The molecule has 1 amide bonds. The Balaban J connectivity index is 0.00000241. The van der Waals surface area contributed by atoms with Crippen LogP contribution in [-0.2, 0) is 0 Å². The molecule has 1 atom stereocenters. The molecular weight excluding hydrogens is 503 g/mol. The second kappa shape index (κ2) is 13.1. The van der Waals surface area contributed by atoms with E-state index >= 15 is 0 Å². The second-order valence-electron chi connectivity index (χ2n) is 9.79. The van der Waals surface area contributed by atoms with E-state index in [2.05, 4.69) is 92.6 Å². The lowest BCUT2D eigenvalue weighted by atomic mass is 9.95. The number of nitrogens with two attached hydrogens (primary N) is 2. The number of carbonyl (C=O) groups excluding carboxylic acids is 1. The molecule has 6 N–H and O–H groups in total. The number of rotatable bonds is 8. The molecule has 7 heteroatoms. The zero-order valence-corrected chi connectivity index (χ0v) is 23.6. The minimum absolute atomic E-state index is 0. The predicted molar refractivity (Wildman–Crippen MR) is 161 cm³/mol. The lowest BCUT2D eigenvalue weighted by molar-refractivity contribution is 0.0947. The SMILES string of the molecule is Cc1cc(C)cc(-c2ccc3[nH]c(C(=O)NCC(N)CCCN)c(-c4cc(C)cc(C)c4)c3c2)c1.Cl.Cl. The van der Waals surface area contributed by atoms with Gasteiger partial charge in [-0.25, -0.2) is 0 Å². The number of H-pyrrole nitrogens is 1. The van der Waals surface area contributed by atoms with Gasteiger partial charge in [0.15, 0.2) is 0 Å². The number of nitrogens with one attached hydrogen (secondary N) is 2. The van der Waals surface area contributed by atoms with Crippen LogP contribution in [0.4, 0.5) is 0 Å². The van der Waals surface area contributed by atoms with Crippen molar-refractivity contribution < 1.29 is 4.79 Å². The first-order chi connectivity index (χ1) is 16.7. The minimum atomic E-state index is -0.147. The van der Waals surface area contributed by atoms with Crippen molar-refractivity contribution in [2.24, 2.45) is 11.5 Å². The Hall–Kier alpha value is -2.83. The smallest absolute Gasteiger partial charge is 0.268 e. The average Bonchev–Trinajstić information content (AvgIpc) is 3.19. The zero-order valence-electron chi connectivity index (χ0n) is 22.0. The fourth-order valence-corrected chi connectivity index (χ4v) is 4.90. The largest absolute Gasteiger partial charge is 0.350 e. The van der Waals surface area contributed by atoms with Gasteiger partial charge in [0.25, 0.3) is 5.91 Å². The Bertz CT molecular complexity index is 1340. The van der Waals surface area contributed by atoms with Crippen LogP contribution in [0.3, 0.4) is 0 Å². The summed E-state index contributed by atoms with van der Waals surface area (Å²) in [4.78, 5) is 16.8. The number of aromatic nitrogens is 1. The van der Waals surface area contributed by atoms with E-state index in [-0.39, 0.29) is 36.8 Å². The van der Waals surface area contributed by atoms with E-state index in [1.54, 1.807) is 0 Å². The first-order valence-electron chi connectivity index (χ1n) is 12.3. The summed E-state index contributed by atoms with van der Waals surface area (Å²) >= 11 is 0. The standard InChI is InChI=1S/C30H36N4O.2ClH/c1-18-10-19(2)13-23(12-18)22-7-8-27-26(16-22)28(24-14-20(3)11-21(4)15-24)29(34-27)30(35)33-17-25(32)6-5-9-31;;/h7-8,10-16,25,34H,5-6,9,17,31-32H2,1-4H3,(H,33,35);2*1H. The summed E-state index contributed by atoms with van der Waals surface area (Å²) in [6.45, 7) is 9.42. The maximum Gasteiger partial charge on any atom is 0.268 e. The van der Waals surface area contributed by atoms with Gasteiger partial charge in [0.05, 0.1) is 0 Å². The molecule has 5 nitrogen and oxygen atoms in total. The Labute approximate surface area is 232 Å².